The molecule has 4 aromatic rings. The lowest BCUT2D eigenvalue weighted by Crippen LogP contribution is -1.99. The summed E-state index contributed by atoms with van der Waals surface area (Å²) >= 11 is 1.40. The number of rotatable bonds is 6. The number of hydrogen-bond donors (Lipinski definition) is 1. The average Bonchev–Trinajstić information content (AvgIpc) is 3.14. The van der Waals surface area contributed by atoms with Crippen LogP contribution in [0, 0.1) is 18.3 Å². The minimum Gasteiger partial charge on any atom is -0.483 e. The number of thiophene rings is 1. The molecule has 0 spiro atoms. The molecule has 0 fully saturated rings. The summed E-state index contributed by atoms with van der Waals surface area (Å²) in [4.78, 5) is 5.48. The lowest BCUT2D eigenvalue weighted by molar-refractivity contribution is 0.349. The summed E-state index contributed by atoms with van der Waals surface area (Å²) in [6, 6.07) is 20.1. The van der Waals surface area contributed by atoms with Gasteiger partial charge in [0.15, 0.2) is 5.06 Å². The molecule has 4 rings (SSSR count). The second-order valence-corrected chi connectivity index (χ2v) is 7.52. The maximum atomic E-state index is 9.87. The van der Waals surface area contributed by atoms with Gasteiger partial charge in [-0.15, -0.1) is 5.10 Å². The van der Waals surface area contributed by atoms with E-state index in [-0.39, 0.29) is 0 Å². The van der Waals surface area contributed by atoms with Crippen molar-refractivity contribution in [2.24, 2.45) is 0 Å². The van der Waals surface area contributed by atoms with Crippen LogP contribution < -0.4 is 10.1 Å². The third kappa shape index (κ3) is 4.00. The van der Waals surface area contributed by atoms with Gasteiger partial charge in [-0.05, 0) is 31.5 Å². The van der Waals surface area contributed by atoms with E-state index in [1.165, 1.54) is 11.3 Å². The summed E-state index contributed by atoms with van der Waals surface area (Å²) in [5.41, 5.74) is 4.90. The third-order valence-electron chi connectivity index (χ3n) is 4.42. The van der Waals surface area contributed by atoms with E-state index in [1.54, 1.807) is 6.20 Å². The van der Waals surface area contributed by atoms with Crippen molar-refractivity contribution in [2.75, 3.05) is 11.9 Å². The Morgan fingerprint density at radius 1 is 1.10 bits per heavy atom. The van der Waals surface area contributed by atoms with Crippen LogP contribution in [-0.4, -0.2) is 21.8 Å². The van der Waals surface area contributed by atoms with Gasteiger partial charge in [0, 0.05) is 11.3 Å². The molecule has 0 saturated heterocycles. The van der Waals surface area contributed by atoms with Crippen LogP contribution >= 0.6 is 11.3 Å². The van der Waals surface area contributed by atoms with E-state index in [0.29, 0.717) is 28.9 Å². The van der Waals surface area contributed by atoms with E-state index in [4.69, 9.17) is 4.74 Å². The molecule has 2 aromatic heterocycles. The number of ether oxygens (including phenoxy) is 1. The lowest BCUT2D eigenvalue weighted by atomic mass is 10.00. The number of aromatic nitrogens is 3. The van der Waals surface area contributed by atoms with Crippen molar-refractivity contribution in [1.29, 1.82) is 5.26 Å². The number of hydrogen-bond acceptors (Lipinski definition) is 7. The predicted molar refractivity (Wildman–Crippen MR) is 119 cm³/mol. The van der Waals surface area contributed by atoms with Crippen LogP contribution in [0.4, 0.5) is 11.6 Å². The van der Waals surface area contributed by atoms with Crippen LogP contribution in [0.5, 0.6) is 5.06 Å². The molecule has 2 heterocycles. The summed E-state index contributed by atoms with van der Waals surface area (Å²) < 4.78 is 5.76. The van der Waals surface area contributed by atoms with E-state index < -0.39 is 0 Å². The number of para-hydroxylation sites is 1. The van der Waals surface area contributed by atoms with Crippen molar-refractivity contribution in [3.63, 3.8) is 0 Å². The van der Waals surface area contributed by atoms with E-state index in [9.17, 15) is 5.26 Å². The smallest absolute Gasteiger partial charge is 0.247 e. The summed E-state index contributed by atoms with van der Waals surface area (Å²) in [6.45, 7) is 4.41. The SMILES string of the molecule is CCOc1sc(-c2cnnc(Nc3ccccc3)n2)c(-c2ccc(C)cc2)c1C#N. The fourth-order valence-corrected chi connectivity index (χ4v) is 4.17. The second-order valence-electron chi connectivity index (χ2n) is 6.54. The van der Waals surface area contributed by atoms with Crippen molar-refractivity contribution in [3.8, 4) is 32.8 Å². The van der Waals surface area contributed by atoms with Gasteiger partial charge in [0.1, 0.15) is 17.3 Å². The number of nitriles is 1. The van der Waals surface area contributed by atoms with Gasteiger partial charge < -0.3 is 10.1 Å². The molecule has 0 bridgehead atoms. The predicted octanol–water partition coefficient (Wildman–Crippen LogP) is 5.59. The zero-order valence-electron chi connectivity index (χ0n) is 16.6. The molecule has 0 saturated carbocycles. The minimum absolute atomic E-state index is 0.387. The van der Waals surface area contributed by atoms with Crippen LogP contribution in [0.2, 0.25) is 0 Å². The van der Waals surface area contributed by atoms with Gasteiger partial charge in [-0.25, -0.2) is 4.98 Å². The Kier molecular flexibility index (Phi) is 5.68. The monoisotopic (exact) mass is 413 g/mol. The van der Waals surface area contributed by atoms with Gasteiger partial charge in [0.25, 0.3) is 0 Å². The number of benzene rings is 2. The molecule has 1 N–H and O–H groups in total. The average molecular weight is 414 g/mol. The Hall–Kier alpha value is -3.76. The summed E-state index contributed by atoms with van der Waals surface area (Å²) in [7, 11) is 0. The zero-order chi connectivity index (χ0) is 20.9. The number of anilines is 2. The molecule has 148 valence electrons. The highest BCUT2D eigenvalue weighted by Gasteiger charge is 2.23. The Morgan fingerprint density at radius 2 is 1.87 bits per heavy atom. The molecule has 0 radical (unpaired) electrons. The highest BCUT2D eigenvalue weighted by Crippen LogP contribution is 2.46. The first-order valence-electron chi connectivity index (χ1n) is 9.48. The first-order chi connectivity index (χ1) is 14.7. The highest BCUT2D eigenvalue weighted by atomic mass is 32.1. The molecule has 0 unspecified atom stereocenters. The van der Waals surface area contributed by atoms with Gasteiger partial charge in [0.2, 0.25) is 5.95 Å². The van der Waals surface area contributed by atoms with Crippen LogP contribution in [0.25, 0.3) is 21.7 Å². The second kappa shape index (κ2) is 8.72. The van der Waals surface area contributed by atoms with Crippen molar-refractivity contribution in [2.45, 2.75) is 13.8 Å². The highest BCUT2D eigenvalue weighted by molar-refractivity contribution is 7.18. The topological polar surface area (TPSA) is 83.7 Å². The summed E-state index contributed by atoms with van der Waals surface area (Å²) in [5, 5.41) is 21.8. The lowest BCUT2D eigenvalue weighted by Gasteiger charge is -2.07. The van der Waals surface area contributed by atoms with Crippen molar-refractivity contribution < 1.29 is 4.74 Å². The Bertz CT molecular complexity index is 1200. The summed E-state index contributed by atoms with van der Waals surface area (Å²) in [5.74, 6) is 0.387. The van der Waals surface area contributed by atoms with Crippen LogP contribution in [0.1, 0.15) is 18.1 Å². The normalized spacial score (nSPS) is 10.4. The Balaban J connectivity index is 1.83. The zero-order valence-corrected chi connectivity index (χ0v) is 17.4. The van der Waals surface area contributed by atoms with Crippen molar-refractivity contribution in [3.05, 3.63) is 71.9 Å². The fourth-order valence-electron chi connectivity index (χ4n) is 3.04. The van der Waals surface area contributed by atoms with E-state index in [0.717, 1.165) is 27.3 Å². The molecule has 0 aliphatic heterocycles. The van der Waals surface area contributed by atoms with Gasteiger partial charge in [-0.1, -0.05) is 59.4 Å². The van der Waals surface area contributed by atoms with Gasteiger partial charge >= 0.3 is 0 Å². The maximum absolute atomic E-state index is 9.87. The van der Waals surface area contributed by atoms with Gasteiger partial charge in [-0.3, -0.25) is 0 Å². The maximum Gasteiger partial charge on any atom is 0.247 e. The Morgan fingerprint density at radius 3 is 2.57 bits per heavy atom. The summed E-state index contributed by atoms with van der Waals surface area (Å²) in [6.07, 6.45) is 1.61. The number of nitrogens with one attached hydrogen (secondary N) is 1. The van der Waals surface area contributed by atoms with Gasteiger partial charge in [-0.2, -0.15) is 10.4 Å². The Labute approximate surface area is 178 Å². The molecule has 30 heavy (non-hydrogen) atoms. The number of nitrogens with zero attached hydrogens (tertiary/aromatic N) is 4. The minimum atomic E-state index is 0.387. The molecule has 0 aliphatic rings. The van der Waals surface area contributed by atoms with Crippen molar-refractivity contribution in [1.82, 2.24) is 15.2 Å². The standard InChI is InChI=1S/C23H19N5OS/c1-3-29-22-18(13-24)20(16-11-9-15(2)10-12-16)21(30-22)19-14-25-28-23(27-19)26-17-7-5-4-6-8-17/h4-12,14H,3H2,1-2H3,(H,26,27,28). The molecular weight excluding hydrogens is 394 g/mol. The molecule has 7 heteroatoms. The molecule has 2 aromatic carbocycles. The van der Waals surface area contributed by atoms with E-state index in [2.05, 4.69) is 26.6 Å². The van der Waals surface area contributed by atoms with Gasteiger partial charge in [0.05, 0.1) is 17.7 Å². The quantitative estimate of drug-likeness (QED) is 0.444. The van der Waals surface area contributed by atoms with Crippen LogP contribution in [0.3, 0.4) is 0 Å². The molecular formula is C23H19N5OS. The molecule has 0 atom stereocenters. The third-order valence-corrected chi connectivity index (χ3v) is 5.55. The van der Waals surface area contributed by atoms with Crippen LogP contribution in [-0.2, 0) is 0 Å². The molecule has 6 nitrogen and oxygen atoms in total. The van der Waals surface area contributed by atoms with E-state index in [1.807, 2.05) is 68.4 Å². The first kappa shape index (κ1) is 19.6. The largest absolute Gasteiger partial charge is 0.483 e. The number of aryl methyl sites for hydroxylation is 1. The fraction of sp³-hybridized carbons (Fsp3) is 0.130. The molecule has 0 amide bonds. The van der Waals surface area contributed by atoms with Crippen molar-refractivity contribution >= 4 is 23.0 Å². The van der Waals surface area contributed by atoms with E-state index >= 15 is 0 Å². The van der Waals surface area contributed by atoms with Crippen LogP contribution in [0.15, 0.2) is 60.8 Å². The molecule has 0 aliphatic carbocycles. The first-order valence-corrected chi connectivity index (χ1v) is 10.3.